The summed E-state index contributed by atoms with van der Waals surface area (Å²) in [4.78, 5) is 2.25. The van der Waals surface area contributed by atoms with Crippen molar-refractivity contribution < 1.29 is 8.42 Å². The molecule has 1 aliphatic rings. The van der Waals surface area contributed by atoms with Gasteiger partial charge in [0.05, 0.1) is 11.5 Å². The van der Waals surface area contributed by atoms with Crippen molar-refractivity contribution in [2.24, 2.45) is 0 Å². The second-order valence-corrected chi connectivity index (χ2v) is 6.42. The Labute approximate surface area is 93.1 Å². The van der Waals surface area contributed by atoms with Crippen molar-refractivity contribution in [2.45, 2.75) is 32.2 Å². The molecule has 0 aliphatic carbocycles. The monoisotopic (exact) mass is 231 g/mol. The van der Waals surface area contributed by atoms with Crippen molar-refractivity contribution in [1.29, 1.82) is 0 Å². The fourth-order valence-corrected chi connectivity index (χ4v) is 3.77. The number of unbranched alkanes of at least 4 members (excludes halogenated alkanes) is 1. The van der Waals surface area contributed by atoms with Crippen molar-refractivity contribution in [3.63, 3.8) is 0 Å². The molecule has 1 rings (SSSR count). The van der Waals surface area contributed by atoms with Crippen molar-refractivity contribution in [2.75, 3.05) is 24.6 Å². The zero-order valence-electron chi connectivity index (χ0n) is 9.48. The Morgan fingerprint density at radius 2 is 2.27 bits per heavy atom. The molecule has 1 saturated heterocycles. The second-order valence-electron chi connectivity index (χ2n) is 4.19. The van der Waals surface area contributed by atoms with E-state index in [0.29, 0.717) is 11.5 Å². The van der Waals surface area contributed by atoms with E-state index < -0.39 is 9.84 Å². The van der Waals surface area contributed by atoms with Gasteiger partial charge in [-0.3, -0.25) is 4.90 Å². The molecule has 0 amide bonds. The van der Waals surface area contributed by atoms with Crippen molar-refractivity contribution in [3.05, 3.63) is 12.7 Å². The summed E-state index contributed by atoms with van der Waals surface area (Å²) in [5.41, 5.74) is 0. The van der Waals surface area contributed by atoms with E-state index in [1.165, 1.54) is 0 Å². The maximum atomic E-state index is 11.4. The molecule has 1 fully saturated rings. The fraction of sp³-hybridized carbons (Fsp3) is 0.818. The molecule has 15 heavy (non-hydrogen) atoms. The van der Waals surface area contributed by atoms with Gasteiger partial charge in [-0.25, -0.2) is 8.42 Å². The lowest BCUT2D eigenvalue weighted by Gasteiger charge is -2.26. The lowest BCUT2D eigenvalue weighted by atomic mass is 10.2. The van der Waals surface area contributed by atoms with Crippen LogP contribution in [0.25, 0.3) is 0 Å². The predicted molar refractivity (Wildman–Crippen MR) is 63.7 cm³/mol. The number of sulfone groups is 1. The zero-order valence-corrected chi connectivity index (χ0v) is 10.3. The standard InChI is InChI=1S/C11H21NO2S/c1-3-5-8-12(7-4-2)11-6-9-15(13,14)10-11/h4,11H,2-3,5-10H2,1H3. The van der Waals surface area contributed by atoms with Crippen LogP contribution < -0.4 is 0 Å². The van der Waals surface area contributed by atoms with Gasteiger partial charge in [-0.2, -0.15) is 0 Å². The highest BCUT2D eigenvalue weighted by Crippen LogP contribution is 2.18. The first-order chi connectivity index (χ1) is 7.09. The highest BCUT2D eigenvalue weighted by molar-refractivity contribution is 7.91. The van der Waals surface area contributed by atoms with Gasteiger partial charge >= 0.3 is 0 Å². The number of hydrogen-bond acceptors (Lipinski definition) is 3. The van der Waals surface area contributed by atoms with Crippen LogP contribution in [0.2, 0.25) is 0 Å². The molecular formula is C11H21NO2S. The van der Waals surface area contributed by atoms with E-state index in [0.717, 1.165) is 32.4 Å². The lowest BCUT2D eigenvalue weighted by Crippen LogP contribution is -2.37. The third kappa shape index (κ3) is 3.95. The Morgan fingerprint density at radius 3 is 2.73 bits per heavy atom. The molecule has 88 valence electrons. The Bertz CT molecular complexity index is 298. The van der Waals surface area contributed by atoms with Crippen LogP contribution in [0.15, 0.2) is 12.7 Å². The van der Waals surface area contributed by atoms with Crippen molar-refractivity contribution >= 4 is 9.84 Å². The predicted octanol–water partition coefficient (Wildman–Crippen LogP) is 1.46. The Morgan fingerprint density at radius 1 is 1.53 bits per heavy atom. The largest absolute Gasteiger partial charge is 0.296 e. The molecule has 3 nitrogen and oxygen atoms in total. The number of rotatable bonds is 6. The van der Waals surface area contributed by atoms with Gasteiger partial charge in [-0.05, 0) is 19.4 Å². The van der Waals surface area contributed by atoms with E-state index in [9.17, 15) is 8.42 Å². The first-order valence-electron chi connectivity index (χ1n) is 5.64. The quantitative estimate of drug-likeness (QED) is 0.650. The van der Waals surface area contributed by atoms with Crippen LogP contribution in [0.3, 0.4) is 0 Å². The molecule has 0 bridgehead atoms. The Balaban J connectivity index is 2.52. The zero-order chi connectivity index (χ0) is 11.3. The number of nitrogens with zero attached hydrogens (tertiary/aromatic N) is 1. The summed E-state index contributed by atoms with van der Waals surface area (Å²) in [6, 6.07) is 0.222. The van der Waals surface area contributed by atoms with Crippen LogP contribution in [0.1, 0.15) is 26.2 Å². The summed E-state index contributed by atoms with van der Waals surface area (Å²) in [5.74, 6) is 0.696. The topological polar surface area (TPSA) is 37.4 Å². The first kappa shape index (κ1) is 12.7. The van der Waals surface area contributed by atoms with Gasteiger partial charge in [-0.15, -0.1) is 6.58 Å². The molecule has 1 unspecified atom stereocenters. The van der Waals surface area contributed by atoms with Crippen LogP contribution in [-0.4, -0.2) is 44.0 Å². The minimum atomic E-state index is -2.76. The molecule has 0 spiro atoms. The van der Waals surface area contributed by atoms with Gasteiger partial charge in [0.15, 0.2) is 9.84 Å². The molecular weight excluding hydrogens is 210 g/mol. The third-order valence-corrected chi connectivity index (χ3v) is 4.64. The molecule has 0 radical (unpaired) electrons. The normalized spacial score (nSPS) is 24.5. The number of hydrogen-bond donors (Lipinski definition) is 0. The highest BCUT2D eigenvalue weighted by atomic mass is 32.2. The van der Waals surface area contributed by atoms with Gasteiger partial charge in [-0.1, -0.05) is 19.4 Å². The minimum absolute atomic E-state index is 0.222. The molecule has 0 aromatic rings. The van der Waals surface area contributed by atoms with Crippen molar-refractivity contribution in [3.8, 4) is 0 Å². The molecule has 0 N–H and O–H groups in total. The van der Waals surface area contributed by atoms with Gasteiger partial charge in [0, 0.05) is 12.6 Å². The summed E-state index contributed by atoms with van der Waals surface area (Å²) in [5, 5.41) is 0. The van der Waals surface area contributed by atoms with Crippen molar-refractivity contribution in [1.82, 2.24) is 4.90 Å². The van der Waals surface area contributed by atoms with Crippen LogP contribution >= 0.6 is 0 Å². The lowest BCUT2D eigenvalue weighted by molar-refractivity contribution is 0.232. The van der Waals surface area contributed by atoms with Gasteiger partial charge in [0.2, 0.25) is 0 Å². The van der Waals surface area contributed by atoms with Crippen LogP contribution in [-0.2, 0) is 9.84 Å². The molecule has 1 heterocycles. The Hall–Kier alpha value is -0.350. The van der Waals surface area contributed by atoms with Crippen LogP contribution in [0.4, 0.5) is 0 Å². The van der Waals surface area contributed by atoms with Crippen LogP contribution in [0, 0.1) is 0 Å². The average molecular weight is 231 g/mol. The molecule has 0 aromatic heterocycles. The fourth-order valence-electron chi connectivity index (χ4n) is 2.01. The van der Waals surface area contributed by atoms with E-state index >= 15 is 0 Å². The average Bonchev–Trinajstić information content (AvgIpc) is 2.53. The summed E-state index contributed by atoms with van der Waals surface area (Å²) in [6.07, 6.45) is 4.93. The minimum Gasteiger partial charge on any atom is -0.296 e. The summed E-state index contributed by atoms with van der Waals surface area (Å²) >= 11 is 0. The van der Waals surface area contributed by atoms with Gasteiger partial charge < -0.3 is 0 Å². The van der Waals surface area contributed by atoms with Crippen LogP contribution in [0.5, 0.6) is 0 Å². The maximum absolute atomic E-state index is 11.4. The first-order valence-corrected chi connectivity index (χ1v) is 7.46. The van der Waals surface area contributed by atoms with E-state index in [-0.39, 0.29) is 6.04 Å². The summed E-state index contributed by atoms with van der Waals surface area (Å²) in [6.45, 7) is 7.67. The highest BCUT2D eigenvalue weighted by Gasteiger charge is 2.31. The second kappa shape index (κ2) is 5.66. The summed E-state index contributed by atoms with van der Waals surface area (Å²) < 4.78 is 22.7. The molecule has 0 aromatic carbocycles. The molecule has 4 heteroatoms. The Kier molecular flexibility index (Phi) is 4.80. The van der Waals surface area contributed by atoms with E-state index in [1.54, 1.807) is 0 Å². The van der Waals surface area contributed by atoms with E-state index in [2.05, 4.69) is 18.4 Å². The molecule has 0 saturated carbocycles. The molecule has 1 atom stereocenters. The van der Waals surface area contributed by atoms with E-state index in [4.69, 9.17) is 0 Å². The molecule has 1 aliphatic heterocycles. The summed E-state index contributed by atoms with van der Waals surface area (Å²) in [7, 11) is -2.76. The van der Waals surface area contributed by atoms with Gasteiger partial charge in [0.1, 0.15) is 0 Å². The maximum Gasteiger partial charge on any atom is 0.151 e. The third-order valence-electron chi connectivity index (χ3n) is 2.89. The smallest absolute Gasteiger partial charge is 0.151 e. The SMILES string of the molecule is C=CCN(CCCC)C1CCS(=O)(=O)C1. The van der Waals surface area contributed by atoms with E-state index in [1.807, 2.05) is 6.08 Å². The van der Waals surface area contributed by atoms with Gasteiger partial charge in [0.25, 0.3) is 0 Å².